The minimum absolute atomic E-state index is 0.0930. The van der Waals surface area contributed by atoms with E-state index >= 15 is 0 Å². The van der Waals surface area contributed by atoms with Crippen LogP contribution in [0.15, 0.2) is 0 Å². The molecule has 8 heteroatoms. The third-order valence-electron chi connectivity index (χ3n) is 2.01. The molecule has 2 unspecified atom stereocenters. The first kappa shape index (κ1) is 14.9. The first-order valence-electron chi connectivity index (χ1n) is 4.89. The second kappa shape index (κ2) is 7.20. The molecule has 0 aromatic carbocycles. The fraction of sp³-hybridized carbons (Fsp3) is 0.556. The van der Waals surface area contributed by atoms with Gasteiger partial charge in [0.1, 0.15) is 12.1 Å². The molecule has 0 aliphatic heterocycles. The quantitative estimate of drug-likeness (QED) is 0.365. The number of nitrogens with two attached hydrogens (primary N) is 1. The molecule has 8 nitrogen and oxygen atoms in total. The molecule has 0 bridgehead atoms. The predicted octanol–water partition coefficient (Wildman–Crippen LogP) is -2.04. The maximum atomic E-state index is 11.4. The van der Waals surface area contributed by atoms with E-state index < -0.39 is 29.9 Å². The molecule has 0 heterocycles. The zero-order chi connectivity index (χ0) is 13.4. The third-order valence-corrected chi connectivity index (χ3v) is 2.01. The lowest BCUT2D eigenvalue weighted by Gasteiger charge is -2.16. The highest BCUT2D eigenvalue weighted by Gasteiger charge is 2.22. The summed E-state index contributed by atoms with van der Waals surface area (Å²) in [5.41, 5.74) is 4.88. The number of nitrogens with one attached hydrogen (secondary N) is 2. The van der Waals surface area contributed by atoms with E-state index in [1.54, 1.807) is 0 Å². The van der Waals surface area contributed by atoms with Crippen LogP contribution in [0.5, 0.6) is 0 Å². The topological polar surface area (TPSA) is 139 Å². The molecular formula is C9H15N3O5. The van der Waals surface area contributed by atoms with E-state index in [9.17, 15) is 19.2 Å². The van der Waals surface area contributed by atoms with Crippen molar-refractivity contribution >= 4 is 24.2 Å². The highest BCUT2D eigenvalue weighted by molar-refractivity contribution is 5.88. The molecule has 17 heavy (non-hydrogen) atoms. The SMILES string of the molecule is CC(NC=O)C(=O)NC(CCC(N)=O)C(=O)O. The van der Waals surface area contributed by atoms with E-state index in [2.05, 4.69) is 10.6 Å². The van der Waals surface area contributed by atoms with Crippen LogP contribution < -0.4 is 16.4 Å². The van der Waals surface area contributed by atoms with E-state index in [1.807, 2.05) is 0 Å². The Morgan fingerprint density at radius 2 is 2.00 bits per heavy atom. The molecule has 2 atom stereocenters. The maximum Gasteiger partial charge on any atom is 0.326 e. The maximum absolute atomic E-state index is 11.4. The van der Waals surface area contributed by atoms with Gasteiger partial charge in [-0.2, -0.15) is 0 Å². The van der Waals surface area contributed by atoms with Crippen molar-refractivity contribution in [1.29, 1.82) is 0 Å². The van der Waals surface area contributed by atoms with Crippen molar-refractivity contribution in [2.45, 2.75) is 31.8 Å². The van der Waals surface area contributed by atoms with E-state index in [1.165, 1.54) is 6.92 Å². The molecule has 0 aliphatic carbocycles. The standard InChI is InChI=1S/C9H15N3O5/c1-5(11-4-13)8(15)12-6(9(16)17)2-3-7(10)14/h4-6H,2-3H2,1H3,(H2,10,14)(H,11,13)(H,12,15)(H,16,17). The van der Waals surface area contributed by atoms with Crippen LogP contribution >= 0.6 is 0 Å². The molecule has 0 saturated heterocycles. The third kappa shape index (κ3) is 6.13. The Balaban J connectivity index is 4.33. The van der Waals surface area contributed by atoms with Gasteiger partial charge in [0.05, 0.1) is 0 Å². The Labute approximate surface area is 97.5 Å². The van der Waals surface area contributed by atoms with Crippen molar-refractivity contribution in [3.05, 3.63) is 0 Å². The van der Waals surface area contributed by atoms with Crippen molar-refractivity contribution in [3.63, 3.8) is 0 Å². The number of hydrogen-bond donors (Lipinski definition) is 4. The second-order valence-corrected chi connectivity index (χ2v) is 3.41. The van der Waals surface area contributed by atoms with Gasteiger partial charge in [0.25, 0.3) is 0 Å². The summed E-state index contributed by atoms with van der Waals surface area (Å²) in [7, 11) is 0. The summed E-state index contributed by atoms with van der Waals surface area (Å²) in [5, 5.41) is 13.2. The largest absolute Gasteiger partial charge is 0.480 e. The second-order valence-electron chi connectivity index (χ2n) is 3.41. The lowest BCUT2D eigenvalue weighted by molar-refractivity contribution is -0.142. The van der Waals surface area contributed by atoms with Gasteiger partial charge in [-0.3, -0.25) is 14.4 Å². The molecule has 96 valence electrons. The van der Waals surface area contributed by atoms with E-state index in [0.29, 0.717) is 6.41 Å². The van der Waals surface area contributed by atoms with Crippen LogP contribution in [0.25, 0.3) is 0 Å². The molecule has 0 aromatic rings. The molecular weight excluding hydrogens is 230 g/mol. The van der Waals surface area contributed by atoms with E-state index in [-0.39, 0.29) is 12.8 Å². The zero-order valence-electron chi connectivity index (χ0n) is 9.30. The van der Waals surface area contributed by atoms with Crippen LogP contribution in [-0.4, -0.2) is 41.4 Å². The Bertz CT molecular complexity index is 318. The van der Waals surface area contributed by atoms with Gasteiger partial charge in [-0.05, 0) is 13.3 Å². The summed E-state index contributed by atoms with van der Waals surface area (Å²) in [6.07, 6.45) is 0.0976. The predicted molar refractivity (Wildman–Crippen MR) is 56.7 cm³/mol. The molecule has 0 spiro atoms. The summed E-state index contributed by atoms with van der Waals surface area (Å²) in [4.78, 5) is 42.7. The summed E-state index contributed by atoms with van der Waals surface area (Å²) in [5.74, 6) is -2.56. The average Bonchev–Trinajstić information content (AvgIpc) is 2.23. The van der Waals surface area contributed by atoms with E-state index in [4.69, 9.17) is 10.8 Å². The van der Waals surface area contributed by atoms with Crippen molar-refractivity contribution < 1.29 is 24.3 Å². The molecule has 0 aliphatic rings. The fourth-order valence-electron chi connectivity index (χ4n) is 1.02. The van der Waals surface area contributed by atoms with Crippen LogP contribution in [0, 0.1) is 0 Å². The Kier molecular flexibility index (Phi) is 6.30. The molecule has 0 rings (SSSR count). The highest BCUT2D eigenvalue weighted by atomic mass is 16.4. The summed E-state index contributed by atoms with van der Waals surface area (Å²) in [6.45, 7) is 1.40. The highest BCUT2D eigenvalue weighted by Crippen LogP contribution is 1.98. The average molecular weight is 245 g/mol. The van der Waals surface area contributed by atoms with Gasteiger partial charge < -0.3 is 21.5 Å². The number of carboxylic acid groups (broad SMARTS) is 1. The zero-order valence-corrected chi connectivity index (χ0v) is 9.30. The number of aliphatic carboxylic acids is 1. The van der Waals surface area contributed by atoms with E-state index in [0.717, 1.165) is 0 Å². The van der Waals surface area contributed by atoms with Crippen molar-refractivity contribution in [1.82, 2.24) is 10.6 Å². The number of rotatable bonds is 8. The monoisotopic (exact) mass is 245 g/mol. The smallest absolute Gasteiger partial charge is 0.326 e. The lowest BCUT2D eigenvalue weighted by atomic mass is 10.1. The first-order chi connectivity index (χ1) is 7.88. The molecule has 0 fully saturated rings. The van der Waals surface area contributed by atoms with Gasteiger partial charge >= 0.3 is 5.97 Å². The van der Waals surface area contributed by atoms with Crippen molar-refractivity contribution in [2.75, 3.05) is 0 Å². The van der Waals surface area contributed by atoms with Gasteiger partial charge in [0.2, 0.25) is 18.2 Å². The van der Waals surface area contributed by atoms with Crippen molar-refractivity contribution in [2.24, 2.45) is 5.73 Å². The molecule has 3 amide bonds. The molecule has 0 radical (unpaired) electrons. The Morgan fingerprint density at radius 3 is 2.41 bits per heavy atom. The molecule has 5 N–H and O–H groups in total. The van der Waals surface area contributed by atoms with Gasteiger partial charge in [-0.1, -0.05) is 0 Å². The van der Waals surface area contributed by atoms with Crippen molar-refractivity contribution in [3.8, 4) is 0 Å². The minimum atomic E-state index is -1.27. The number of carbonyl (C=O) groups excluding carboxylic acids is 3. The number of hydrogen-bond acceptors (Lipinski definition) is 4. The summed E-state index contributed by atoms with van der Waals surface area (Å²) < 4.78 is 0. The minimum Gasteiger partial charge on any atom is -0.480 e. The number of amides is 3. The van der Waals surface area contributed by atoms with Crippen LogP contribution in [-0.2, 0) is 19.2 Å². The van der Waals surface area contributed by atoms with Gasteiger partial charge in [0, 0.05) is 6.42 Å². The summed E-state index contributed by atoms with van der Waals surface area (Å²) >= 11 is 0. The number of primary amides is 1. The van der Waals surface area contributed by atoms with Gasteiger partial charge in [-0.15, -0.1) is 0 Å². The first-order valence-corrected chi connectivity index (χ1v) is 4.89. The van der Waals surface area contributed by atoms with Crippen LogP contribution in [0.1, 0.15) is 19.8 Å². The Morgan fingerprint density at radius 1 is 1.41 bits per heavy atom. The van der Waals surface area contributed by atoms with Gasteiger partial charge in [0.15, 0.2) is 0 Å². The van der Waals surface area contributed by atoms with Crippen LogP contribution in [0.3, 0.4) is 0 Å². The number of carbonyl (C=O) groups is 4. The molecule has 0 saturated carbocycles. The Hall–Kier alpha value is -2.12. The normalized spacial score (nSPS) is 13.2. The number of carboxylic acids is 1. The van der Waals surface area contributed by atoms with Crippen LogP contribution in [0.2, 0.25) is 0 Å². The summed E-state index contributed by atoms with van der Waals surface area (Å²) in [6, 6.07) is -2.05. The van der Waals surface area contributed by atoms with Crippen LogP contribution in [0.4, 0.5) is 0 Å². The molecule has 0 aromatic heterocycles. The van der Waals surface area contributed by atoms with Gasteiger partial charge in [-0.25, -0.2) is 4.79 Å². The lowest BCUT2D eigenvalue weighted by Crippen LogP contribution is -2.49. The fourth-order valence-corrected chi connectivity index (χ4v) is 1.02.